The van der Waals surface area contributed by atoms with Crippen LogP contribution in [0.5, 0.6) is 0 Å². The van der Waals surface area contributed by atoms with Crippen molar-refractivity contribution in [3.8, 4) is 0 Å². The third-order valence-corrected chi connectivity index (χ3v) is 4.23. The maximum absolute atomic E-state index is 5.93. The van der Waals surface area contributed by atoms with E-state index in [-0.39, 0.29) is 6.04 Å². The summed E-state index contributed by atoms with van der Waals surface area (Å²) in [7, 11) is 1.95. The van der Waals surface area contributed by atoms with E-state index in [9.17, 15) is 0 Å². The van der Waals surface area contributed by atoms with Crippen LogP contribution in [0.2, 0.25) is 0 Å². The molecule has 0 aliphatic carbocycles. The Morgan fingerprint density at radius 1 is 1.38 bits per heavy atom. The van der Waals surface area contributed by atoms with Gasteiger partial charge < -0.3 is 9.13 Å². The molecule has 0 amide bonds. The first-order valence-corrected chi connectivity index (χ1v) is 8.00. The number of rotatable bonds is 4. The van der Waals surface area contributed by atoms with Crippen LogP contribution in [0.3, 0.4) is 0 Å². The van der Waals surface area contributed by atoms with Crippen LogP contribution in [0.4, 0.5) is 0 Å². The van der Waals surface area contributed by atoms with Gasteiger partial charge in [0, 0.05) is 23.8 Å². The summed E-state index contributed by atoms with van der Waals surface area (Å²) in [6, 6.07) is 6.12. The van der Waals surface area contributed by atoms with Gasteiger partial charge in [-0.3, -0.25) is 0 Å². The zero-order valence-corrected chi connectivity index (χ0v) is 14.1. The van der Waals surface area contributed by atoms with E-state index in [1.807, 2.05) is 23.7 Å². The van der Waals surface area contributed by atoms with Gasteiger partial charge in [0.1, 0.15) is 12.2 Å². The molecular formula is C14H15BrClN5. The quantitative estimate of drug-likeness (QED) is 0.664. The van der Waals surface area contributed by atoms with E-state index in [0.717, 1.165) is 33.6 Å². The number of imidazole rings is 1. The molecule has 5 nitrogen and oxygen atoms in total. The number of hydrogen-bond donors (Lipinski definition) is 0. The van der Waals surface area contributed by atoms with Crippen molar-refractivity contribution in [3.05, 3.63) is 40.6 Å². The summed E-state index contributed by atoms with van der Waals surface area (Å²) in [6.07, 6.45) is 2.43. The molecule has 0 aliphatic heterocycles. The topological polar surface area (TPSA) is 48.5 Å². The van der Waals surface area contributed by atoms with Gasteiger partial charge in [-0.2, -0.15) is 0 Å². The first-order chi connectivity index (χ1) is 10.1. The molecule has 110 valence electrons. The van der Waals surface area contributed by atoms with Gasteiger partial charge in [0.05, 0.1) is 17.1 Å². The Labute approximate surface area is 136 Å². The van der Waals surface area contributed by atoms with E-state index in [4.69, 9.17) is 16.6 Å². The summed E-state index contributed by atoms with van der Waals surface area (Å²) in [4.78, 5) is 4.70. The van der Waals surface area contributed by atoms with Crippen molar-refractivity contribution in [3.63, 3.8) is 0 Å². The van der Waals surface area contributed by atoms with Crippen LogP contribution in [0.1, 0.15) is 24.6 Å². The molecule has 1 unspecified atom stereocenters. The van der Waals surface area contributed by atoms with Gasteiger partial charge in [-0.1, -0.05) is 15.9 Å². The smallest absolute Gasteiger partial charge is 0.155 e. The highest BCUT2D eigenvalue weighted by atomic mass is 79.9. The van der Waals surface area contributed by atoms with Crippen LogP contribution in [0.15, 0.2) is 29.0 Å². The van der Waals surface area contributed by atoms with Gasteiger partial charge in [-0.25, -0.2) is 4.98 Å². The van der Waals surface area contributed by atoms with Crippen molar-refractivity contribution in [2.24, 2.45) is 7.05 Å². The highest BCUT2D eigenvalue weighted by Gasteiger charge is 2.20. The molecule has 0 bridgehead atoms. The molecule has 2 aromatic heterocycles. The van der Waals surface area contributed by atoms with E-state index in [0.29, 0.717) is 5.88 Å². The van der Waals surface area contributed by atoms with Gasteiger partial charge in [0.15, 0.2) is 5.82 Å². The summed E-state index contributed by atoms with van der Waals surface area (Å²) < 4.78 is 5.14. The lowest BCUT2D eigenvalue weighted by molar-refractivity contribution is 0.566. The van der Waals surface area contributed by atoms with Crippen molar-refractivity contribution in [1.82, 2.24) is 24.3 Å². The monoisotopic (exact) mass is 367 g/mol. The maximum Gasteiger partial charge on any atom is 0.155 e. The second kappa shape index (κ2) is 5.77. The van der Waals surface area contributed by atoms with Gasteiger partial charge in [0.25, 0.3) is 0 Å². The Morgan fingerprint density at radius 2 is 2.19 bits per heavy atom. The lowest BCUT2D eigenvalue weighted by Gasteiger charge is -2.16. The number of nitrogens with zero attached hydrogens (tertiary/aromatic N) is 5. The molecule has 0 saturated carbocycles. The minimum atomic E-state index is 0.0371. The highest BCUT2D eigenvalue weighted by Crippen LogP contribution is 2.27. The predicted molar refractivity (Wildman–Crippen MR) is 86.7 cm³/mol. The Morgan fingerprint density at radius 3 is 2.86 bits per heavy atom. The summed E-state index contributed by atoms with van der Waals surface area (Å²) in [5, 5.41) is 8.19. The molecule has 1 atom stereocenters. The largest absolute Gasteiger partial charge is 0.319 e. The number of fused-ring (bicyclic) bond motifs is 1. The molecule has 2 heterocycles. The van der Waals surface area contributed by atoms with Crippen molar-refractivity contribution in [1.29, 1.82) is 0 Å². The number of hydrogen-bond acceptors (Lipinski definition) is 3. The van der Waals surface area contributed by atoms with Gasteiger partial charge in [0.2, 0.25) is 0 Å². The number of aromatic nitrogens is 5. The Bertz CT molecular complexity index is 779. The Balaban J connectivity index is 2.21. The van der Waals surface area contributed by atoms with Crippen LogP contribution < -0.4 is 0 Å². The fraction of sp³-hybridized carbons (Fsp3) is 0.357. The zero-order chi connectivity index (χ0) is 15.0. The second-order valence-electron chi connectivity index (χ2n) is 4.95. The maximum atomic E-state index is 5.93. The average molecular weight is 369 g/mol. The molecule has 0 spiro atoms. The van der Waals surface area contributed by atoms with Crippen LogP contribution in [-0.4, -0.2) is 30.2 Å². The van der Waals surface area contributed by atoms with E-state index in [1.54, 1.807) is 6.33 Å². The number of alkyl halides is 1. The van der Waals surface area contributed by atoms with Crippen molar-refractivity contribution >= 4 is 38.6 Å². The normalized spacial score (nSPS) is 13.0. The first-order valence-electron chi connectivity index (χ1n) is 6.68. The standard InChI is InChI=1S/C14H15BrClN5/c1-9(14-19-17-8-20(14)2)21-12-7-10(15)3-4-11(12)18-13(21)5-6-16/h3-4,7-9H,5-6H2,1-2H3. The number of halogens is 2. The minimum absolute atomic E-state index is 0.0371. The van der Waals surface area contributed by atoms with Crippen LogP contribution in [0.25, 0.3) is 11.0 Å². The summed E-state index contributed by atoms with van der Waals surface area (Å²) in [5.41, 5.74) is 2.03. The van der Waals surface area contributed by atoms with E-state index in [1.165, 1.54) is 0 Å². The molecular weight excluding hydrogens is 354 g/mol. The Hall–Kier alpha value is -1.40. The van der Waals surface area contributed by atoms with Gasteiger partial charge in [-0.05, 0) is 25.1 Å². The van der Waals surface area contributed by atoms with Crippen molar-refractivity contribution < 1.29 is 0 Å². The van der Waals surface area contributed by atoms with Crippen LogP contribution in [-0.2, 0) is 13.5 Å². The molecule has 3 aromatic rings. The molecule has 21 heavy (non-hydrogen) atoms. The summed E-state index contributed by atoms with van der Waals surface area (Å²) >= 11 is 9.46. The van der Waals surface area contributed by atoms with Crippen LogP contribution >= 0.6 is 27.5 Å². The molecule has 1 aromatic carbocycles. The molecule has 0 N–H and O–H groups in total. The van der Waals surface area contributed by atoms with Gasteiger partial charge in [-0.15, -0.1) is 21.8 Å². The zero-order valence-electron chi connectivity index (χ0n) is 11.8. The summed E-state index contributed by atoms with van der Waals surface area (Å²) in [5.74, 6) is 2.40. The van der Waals surface area contributed by atoms with Crippen molar-refractivity contribution in [2.75, 3.05) is 5.88 Å². The number of aryl methyl sites for hydroxylation is 2. The molecule has 0 saturated heterocycles. The minimum Gasteiger partial charge on any atom is -0.319 e. The predicted octanol–water partition coefficient (Wildman–Crippen LogP) is 3.32. The lowest BCUT2D eigenvalue weighted by atomic mass is 10.2. The van der Waals surface area contributed by atoms with E-state index in [2.05, 4.69) is 43.7 Å². The summed E-state index contributed by atoms with van der Waals surface area (Å²) in [6.45, 7) is 2.10. The fourth-order valence-corrected chi connectivity index (χ4v) is 3.11. The van der Waals surface area contributed by atoms with Crippen molar-refractivity contribution in [2.45, 2.75) is 19.4 Å². The van der Waals surface area contributed by atoms with E-state index >= 15 is 0 Å². The average Bonchev–Trinajstić information content (AvgIpc) is 3.02. The highest BCUT2D eigenvalue weighted by molar-refractivity contribution is 9.10. The fourth-order valence-electron chi connectivity index (χ4n) is 2.59. The van der Waals surface area contributed by atoms with Crippen LogP contribution in [0, 0.1) is 0 Å². The molecule has 0 aliphatic rings. The third kappa shape index (κ3) is 2.58. The molecule has 7 heteroatoms. The number of benzene rings is 1. The van der Waals surface area contributed by atoms with E-state index < -0.39 is 0 Å². The third-order valence-electron chi connectivity index (χ3n) is 3.55. The Kier molecular flexibility index (Phi) is 3.99. The molecule has 0 fully saturated rings. The first kappa shape index (κ1) is 14.5. The molecule has 3 rings (SSSR count). The molecule has 0 radical (unpaired) electrons. The second-order valence-corrected chi connectivity index (χ2v) is 6.24. The lowest BCUT2D eigenvalue weighted by Crippen LogP contribution is -2.15. The van der Waals surface area contributed by atoms with Gasteiger partial charge >= 0.3 is 0 Å². The SMILES string of the molecule is CC(c1nncn1C)n1c(CCCl)nc2ccc(Br)cc21.